The second kappa shape index (κ2) is 4.05. The number of ether oxygens (including phenoxy) is 1. The molecular formula is C8H16INO. The standard InChI is InChI=1S/C8H16INO/c1-10-6-8(5-9,7-10)3-4-11-2/h3-7H2,1-2H3. The van der Waals surface area contributed by atoms with E-state index in [1.54, 1.807) is 7.11 Å². The van der Waals surface area contributed by atoms with Gasteiger partial charge in [0.1, 0.15) is 0 Å². The van der Waals surface area contributed by atoms with Gasteiger partial charge in [-0.25, -0.2) is 0 Å². The van der Waals surface area contributed by atoms with Gasteiger partial charge in [0.2, 0.25) is 0 Å². The number of rotatable bonds is 4. The lowest BCUT2D eigenvalue weighted by Crippen LogP contribution is -2.55. The van der Waals surface area contributed by atoms with E-state index >= 15 is 0 Å². The zero-order valence-corrected chi connectivity index (χ0v) is 9.43. The Hall–Kier alpha value is 0.650. The molecule has 0 spiro atoms. The van der Waals surface area contributed by atoms with E-state index in [1.165, 1.54) is 23.9 Å². The number of hydrogen-bond donors (Lipinski definition) is 0. The number of alkyl halides is 1. The molecule has 0 N–H and O–H groups in total. The van der Waals surface area contributed by atoms with Crippen molar-refractivity contribution in [2.75, 3.05) is 38.3 Å². The summed E-state index contributed by atoms with van der Waals surface area (Å²) in [4.78, 5) is 2.37. The summed E-state index contributed by atoms with van der Waals surface area (Å²) in [5.41, 5.74) is 0.575. The summed E-state index contributed by atoms with van der Waals surface area (Å²) in [6, 6.07) is 0. The number of halogens is 1. The fourth-order valence-corrected chi connectivity index (χ4v) is 2.59. The Bertz CT molecular complexity index is 123. The van der Waals surface area contributed by atoms with E-state index in [0.29, 0.717) is 5.41 Å². The normalized spacial score (nSPS) is 23.2. The maximum atomic E-state index is 5.09. The summed E-state index contributed by atoms with van der Waals surface area (Å²) in [5, 5.41) is 0. The molecule has 2 nitrogen and oxygen atoms in total. The van der Waals surface area contributed by atoms with Gasteiger partial charge in [-0.05, 0) is 13.5 Å². The van der Waals surface area contributed by atoms with Gasteiger partial charge in [0.25, 0.3) is 0 Å². The minimum Gasteiger partial charge on any atom is -0.385 e. The van der Waals surface area contributed by atoms with E-state index in [2.05, 4.69) is 34.5 Å². The first kappa shape index (κ1) is 9.74. The summed E-state index contributed by atoms with van der Waals surface area (Å²) in [5.74, 6) is 0. The van der Waals surface area contributed by atoms with Crippen LogP contribution in [-0.2, 0) is 4.74 Å². The second-order valence-corrected chi connectivity index (χ2v) is 4.31. The van der Waals surface area contributed by atoms with Crippen LogP contribution in [0.4, 0.5) is 0 Å². The van der Waals surface area contributed by atoms with Crippen LogP contribution >= 0.6 is 22.6 Å². The molecule has 1 saturated heterocycles. The van der Waals surface area contributed by atoms with Crippen molar-refractivity contribution in [1.29, 1.82) is 0 Å². The zero-order valence-electron chi connectivity index (χ0n) is 7.27. The lowest BCUT2D eigenvalue weighted by Gasteiger charge is -2.47. The fraction of sp³-hybridized carbons (Fsp3) is 1.00. The quantitative estimate of drug-likeness (QED) is 0.565. The first-order chi connectivity index (χ1) is 5.22. The third kappa shape index (κ3) is 2.29. The second-order valence-electron chi connectivity index (χ2n) is 3.55. The van der Waals surface area contributed by atoms with Crippen molar-refractivity contribution in [2.24, 2.45) is 5.41 Å². The highest BCUT2D eigenvalue weighted by atomic mass is 127. The van der Waals surface area contributed by atoms with Gasteiger partial charge in [-0.2, -0.15) is 0 Å². The highest BCUT2D eigenvalue weighted by Gasteiger charge is 2.39. The van der Waals surface area contributed by atoms with Crippen LogP contribution in [0.25, 0.3) is 0 Å². The van der Waals surface area contributed by atoms with Crippen LogP contribution in [0.1, 0.15) is 6.42 Å². The SMILES string of the molecule is COCCC1(CI)CN(C)C1. The van der Waals surface area contributed by atoms with Crippen molar-refractivity contribution in [3.8, 4) is 0 Å². The molecular weight excluding hydrogens is 253 g/mol. The molecule has 0 aromatic rings. The van der Waals surface area contributed by atoms with Gasteiger partial charge in [0.05, 0.1) is 0 Å². The van der Waals surface area contributed by atoms with E-state index in [1.807, 2.05) is 0 Å². The molecule has 1 aliphatic rings. The zero-order chi connectivity index (χ0) is 8.32. The predicted octanol–water partition coefficient (Wildman–Crippen LogP) is 1.39. The van der Waals surface area contributed by atoms with Crippen LogP contribution in [0.5, 0.6) is 0 Å². The molecule has 1 fully saturated rings. The summed E-state index contributed by atoms with van der Waals surface area (Å²) in [6.07, 6.45) is 1.22. The molecule has 0 atom stereocenters. The van der Waals surface area contributed by atoms with Gasteiger partial charge in [0.15, 0.2) is 0 Å². The van der Waals surface area contributed by atoms with Crippen molar-refractivity contribution in [1.82, 2.24) is 4.90 Å². The average Bonchev–Trinajstić information content (AvgIpc) is 1.96. The first-order valence-electron chi connectivity index (χ1n) is 3.96. The van der Waals surface area contributed by atoms with E-state index in [4.69, 9.17) is 4.74 Å². The third-order valence-electron chi connectivity index (χ3n) is 2.33. The Morgan fingerprint density at radius 3 is 2.55 bits per heavy atom. The molecule has 3 heteroatoms. The number of nitrogens with zero attached hydrogens (tertiary/aromatic N) is 1. The molecule has 0 unspecified atom stereocenters. The van der Waals surface area contributed by atoms with E-state index in [0.717, 1.165) is 6.61 Å². The molecule has 0 aromatic heterocycles. The highest BCUT2D eigenvalue weighted by molar-refractivity contribution is 14.1. The average molecular weight is 269 g/mol. The maximum absolute atomic E-state index is 5.09. The van der Waals surface area contributed by atoms with Gasteiger partial charge in [-0.1, -0.05) is 22.6 Å². The van der Waals surface area contributed by atoms with Crippen LogP contribution in [0.15, 0.2) is 0 Å². The predicted molar refractivity (Wildman–Crippen MR) is 55.3 cm³/mol. The van der Waals surface area contributed by atoms with Crippen molar-refractivity contribution in [3.63, 3.8) is 0 Å². The Kier molecular flexibility index (Phi) is 3.58. The Morgan fingerprint density at radius 1 is 1.55 bits per heavy atom. The topological polar surface area (TPSA) is 12.5 Å². The van der Waals surface area contributed by atoms with E-state index in [9.17, 15) is 0 Å². The van der Waals surface area contributed by atoms with Crippen molar-refractivity contribution < 1.29 is 4.74 Å². The van der Waals surface area contributed by atoms with Gasteiger partial charge < -0.3 is 9.64 Å². The van der Waals surface area contributed by atoms with Gasteiger partial charge >= 0.3 is 0 Å². The minimum atomic E-state index is 0.575. The van der Waals surface area contributed by atoms with Crippen molar-refractivity contribution >= 4 is 22.6 Å². The molecule has 1 rings (SSSR count). The molecule has 0 bridgehead atoms. The van der Waals surface area contributed by atoms with Crippen LogP contribution in [-0.4, -0.2) is 43.2 Å². The molecule has 0 amide bonds. The molecule has 66 valence electrons. The molecule has 0 saturated carbocycles. The van der Waals surface area contributed by atoms with Crippen LogP contribution < -0.4 is 0 Å². The molecule has 0 aliphatic carbocycles. The minimum absolute atomic E-state index is 0.575. The Labute approximate surface area is 82.4 Å². The van der Waals surface area contributed by atoms with Crippen LogP contribution in [0, 0.1) is 5.41 Å². The lowest BCUT2D eigenvalue weighted by molar-refractivity contribution is 0.0168. The van der Waals surface area contributed by atoms with Crippen LogP contribution in [0.3, 0.4) is 0 Å². The summed E-state index contributed by atoms with van der Waals surface area (Å²) >= 11 is 2.48. The van der Waals surface area contributed by atoms with Crippen molar-refractivity contribution in [3.05, 3.63) is 0 Å². The monoisotopic (exact) mass is 269 g/mol. The summed E-state index contributed by atoms with van der Waals surface area (Å²) in [6.45, 7) is 3.41. The number of methoxy groups -OCH3 is 1. The lowest BCUT2D eigenvalue weighted by atomic mass is 9.80. The van der Waals surface area contributed by atoms with Crippen molar-refractivity contribution in [2.45, 2.75) is 6.42 Å². The molecule has 11 heavy (non-hydrogen) atoms. The van der Waals surface area contributed by atoms with Gasteiger partial charge in [-0.15, -0.1) is 0 Å². The smallest absolute Gasteiger partial charge is 0.0468 e. The summed E-state index contributed by atoms with van der Waals surface area (Å²) in [7, 11) is 3.96. The van der Waals surface area contributed by atoms with Gasteiger partial charge in [0, 0.05) is 36.6 Å². The van der Waals surface area contributed by atoms with E-state index in [-0.39, 0.29) is 0 Å². The largest absolute Gasteiger partial charge is 0.385 e. The molecule has 0 aromatic carbocycles. The van der Waals surface area contributed by atoms with E-state index < -0.39 is 0 Å². The molecule has 1 heterocycles. The fourth-order valence-electron chi connectivity index (χ4n) is 1.73. The Balaban J connectivity index is 2.26. The van der Waals surface area contributed by atoms with Crippen LogP contribution in [0.2, 0.25) is 0 Å². The van der Waals surface area contributed by atoms with Gasteiger partial charge in [-0.3, -0.25) is 0 Å². The number of hydrogen-bond acceptors (Lipinski definition) is 2. The third-order valence-corrected chi connectivity index (χ3v) is 3.95. The number of likely N-dealkylation sites (tertiary alicyclic amines) is 1. The Morgan fingerprint density at radius 2 is 2.18 bits per heavy atom. The molecule has 0 radical (unpaired) electrons. The summed E-state index contributed by atoms with van der Waals surface area (Å²) < 4.78 is 6.35. The molecule has 1 aliphatic heterocycles. The maximum Gasteiger partial charge on any atom is 0.0468 e. The first-order valence-corrected chi connectivity index (χ1v) is 5.48. The highest BCUT2D eigenvalue weighted by Crippen LogP contribution is 2.34.